The summed E-state index contributed by atoms with van der Waals surface area (Å²) >= 11 is 1.55. The summed E-state index contributed by atoms with van der Waals surface area (Å²) in [6.07, 6.45) is -3.92. The Balaban J connectivity index is 3.46. The number of carboxylic acid groups (broad SMARTS) is 1. The van der Waals surface area contributed by atoms with Crippen LogP contribution < -0.4 is 0 Å². The Morgan fingerprint density at radius 3 is 2.65 bits per heavy atom. The van der Waals surface area contributed by atoms with Gasteiger partial charge in [0.15, 0.2) is 0 Å². The quantitative estimate of drug-likeness (QED) is 0.385. The van der Waals surface area contributed by atoms with Crippen LogP contribution in [0.1, 0.15) is 17.7 Å². The number of alkyl halides is 2. The fraction of sp³-hybridized carbons (Fsp3) is 0.250. The molecule has 0 bridgehead atoms. The van der Waals surface area contributed by atoms with Crippen molar-refractivity contribution in [2.24, 2.45) is 0 Å². The highest BCUT2D eigenvalue weighted by molar-refractivity contribution is 14.1. The number of aromatic nitrogens is 1. The molecule has 1 aromatic rings. The molecule has 6 nitrogen and oxygen atoms in total. The molecule has 0 fully saturated rings. The minimum Gasteiger partial charge on any atom is -0.481 e. The van der Waals surface area contributed by atoms with E-state index in [0.717, 1.165) is 6.07 Å². The van der Waals surface area contributed by atoms with Crippen molar-refractivity contribution >= 4 is 34.2 Å². The van der Waals surface area contributed by atoms with Gasteiger partial charge in [0.25, 0.3) is 12.1 Å². The molecule has 0 amide bonds. The lowest BCUT2D eigenvalue weighted by Gasteiger charge is -2.07. The molecule has 0 spiro atoms. The van der Waals surface area contributed by atoms with Crippen molar-refractivity contribution in [1.82, 2.24) is 4.98 Å². The highest BCUT2D eigenvalue weighted by Crippen LogP contribution is 2.30. The van der Waals surface area contributed by atoms with Gasteiger partial charge in [-0.3, -0.25) is 14.9 Å². The third-order valence-corrected chi connectivity index (χ3v) is 2.39. The Labute approximate surface area is 107 Å². The van der Waals surface area contributed by atoms with E-state index in [2.05, 4.69) is 4.98 Å². The third kappa shape index (κ3) is 3.28. The maximum atomic E-state index is 12.6. The largest absolute Gasteiger partial charge is 0.481 e. The molecule has 0 aliphatic carbocycles. The van der Waals surface area contributed by atoms with Gasteiger partial charge in [-0.15, -0.1) is 0 Å². The lowest BCUT2D eigenvalue weighted by atomic mass is 10.1. The molecule has 0 aromatic carbocycles. The summed E-state index contributed by atoms with van der Waals surface area (Å²) in [7, 11) is 0. The van der Waals surface area contributed by atoms with E-state index in [1.165, 1.54) is 0 Å². The van der Waals surface area contributed by atoms with Gasteiger partial charge in [-0.05, 0) is 22.6 Å². The minimum absolute atomic E-state index is 0.0127. The minimum atomic E-state index is -3.06. The number of hydrogen-bond acceptors (Lipinski definition) is 4. The molecule has 1 N–H and O–H groups in total. The Morgan fingerprint density at radius 2 is 2.24 bits per heavy atom. The summed E-state index contributed by atoms with van der Waals surface area (Å²) < 4.78 is 25.3. The summed E-state index contributed by atoms with van der Waals surface area (Å²) in [6, 6.07) is 0.963. The molecule has 0 atom stereocenters. The first kappa shape index (κ1) is 13.7. The van der Waals surface area contributed by atoms with Gasteiger partial charge in [0.2, 0.25) is 0 Å². The predicted molar refractivity (Wildman–Crippen MR) is 59.9 cm³/mol. The number of rotatable bonds is 4. The van der Waals surface area contributed by atoms with E-state index in [1.54, 1.807) is 22.6 Å². The molecule has 0 aliphatic rings. The number of aliphatic carboxylic acids is 1. The first-order valence-corrected chi connectivity index (χ1v) is 5.24. The van der Waals surface area contributed by atoms with Crippen LogP contribution in [-0.2, 0) is 11.2 Å². The standard InChI is InChI=1S/C8H5F2IN2O4/c9-8(10)7-3(1-6(14)15)4(13(16)17)2-5(11)12-7/h2,8H,1H2,(H,14,15). The first-order valence-electron chi connectivity index (χ1n) is 4.16. The molecule has 92 valence electrons. The number of carbonyl (C=O) groups is 1. The summed E-state index contributed by atoms with van der Waals surface area (Å²) in [5.41, 5.74) is -2.06. The molecule has 0 saturated heterocycles. The summed E-state index contributed by atoms with van der Waals surface area (Å²) in [4.78, 5) is 23.7. The van der Waals surface area contributed by atoms with Gasteiger partial charge in [0, 0.05) is 6.07 Å². The Kier molecular flexibility index (Phi) is 4.26. The summed E-state index contributed by atoms with van der Waals surface area (Å²) in [5.74, 6) is -1.43. The van der Waals surface area contributed by atoms with Crippen molar-refractivity contribution in [3.63, 3.8) is 0 Å². The van der Waals surface area contributed by atoms with Crippen molar-refractivity contribution in [2.45, 2.75) is 12.8 Å². The molecular formula is C8H5F2IN2O4. The van der Waals surface area contributed by atoms with E-state index in [1.807, 2.05) is 0 Å². The smallest absolute Gasteiger partial charge is 0.308 e. The second-order valence-electron chi connectivity index (χ2n) is 2.96. The third-order valence-electron chi connectivity index (χ3n) is 1.83. The average molecular weight is 358 g/mol. The van der Waals surface area contributed by atoms with Crippen molar-refractivity contribution < 1.29 is 23.6 Å². The second kappa shape index (κ2) is 5.29. The van der Waals surface area contributed by atoms with Gasteiger partial charge in [0.1, 0.15) is 9.39 Å². The lowest BCUT2D eigenvalue weighted by molar-refractivity contribution is -0.385. The number of nitro groups is 1. The Morgan fingerprint density at radius 1 is 1.65 bits per heavy atom. The average Bonchev–Trinajstić information content (AvgIpc) is 2.18. The van der Waals surface area contributed by atoms with Crippen molar-refractivity contribution in [2.75, 3.05) is 0 Å². The lowest BCUT2D eigenvalue weighted by Crippen LogP contribution is -2.10. The topological polar surface area (TPSA) is 93.3 Å². The molecule has 0 radical (unpaired) electrons. The van der Waals surface area contributed by atoms with Crippen molar-refractivity contribution in [1.29, 1.82) is 0 Å². The second-order valence-corrected chi connectivity index (χ2v) is 4.06. The number of halogens is 3. The van der Waals surface area contributed by atoms with Crippen LogP contribution in [0.5, 0.6) is 0 Å². The van der Waals surface area contributed by atoms with E-state index in [0.29, 0.717) is 0 Å². The molecule has 0 unspecified atom stereocenters. The Bertz CT molecular complexity index is 481. The molecule has 0 saturated carbocycles. The number of nitrogens with zero attached hydrogens (tertiary/aromatic N) is 2. The van der Waals surface area contributed by atoms with Gasteiger partial charge in [-0.1, -0.05) is 0 Å². The maximum absolute atomic E-state index is 12.6. The van der Waals surface area contributed by atoms with Crippen LogP contribution in [0.3, 0.4) is 0 Å². The van der Waals surface area contributed by atoms with E-state index < -0.39 is 40.7 Å². The highest BCUT2D eigenvalue weighted by Gasteiger charge is 2.27. The number of carboxylic acids is 1. The fourth-order valence-corrected chi connectivity index (χ4v) is 1.78. The molecule has 0 aliphatic heterocycles. The fourth-order valence-electron chi connectivity index (χ4n) is 1.22. The van der Waals surface area contributed by atoms with Crippen LogP contribution in [0.15, 0.2) is 6.07 Å². The molecule has 1 rings (SSSR count). The van der Waals surface area contributed by atoms with Crippen LogP contribution in [0, 0.1) is 13.8 Å². The monoisotopic (exact) mass is 358 g/mol. The van der Waals surface area contributed by atoms with E-state index in [9.17, 15) is 23.7 Å². The number of hydrogen-bond donors (Lipinski definition) is 1. The number of pyridine rings is 1. The zero-order valence-electron chi connectivity index (χ0n) is 8.06. The molecular weight excluding hydrogens is 353 g/mol. The summed E-state index contributed by atoms with van der Waals surface area (Å²) in [6.45, 7) is 0. The van der Waals surface area contributed by atoms with Crippen molar-refractivity contribution in [3.05, 3.63) is 31.1 Å². The zero-order chi connectivity index (χ0) is 13.2. The molecule has 1 heterocycles. The van der Waals surface area contributed by atoms with E-state index in [4.69, 9.17) is 5.11 Å². The Hall–Kier alpha value is -1.39. The van der Waals surface area contributed by atoms with Crippen LogP contribution in [-0.4, -0.2) is 21.0 Å². The molecule has 17 heavy (non-hydrogen) atoms. The van der Waals surface area contributed by atoms with Gasteiger partial charge < -0.3 is 5.11 Å². The zero-order valence-corrected chi connectivity index (χ0v) is 10.2. The van der Waals surface area contributed by atoms with E-state index >= 15 is 0 Å². The molecule has 9 heteroatoms. The van der Waals surface area contributed by atoms with Crippen LogP contribution >= 0.6 is 22.6 Å². The first-order chi connectivity index (χ1) is 7.82. The van der Waals surface area contributed by atoms with Crippen LogP contribution in [0.2, 0.25) is 0 Å². The van der Waals surface area contributed by atoms with Gasteiger partial charge in [-0.25, -0.2) is 13.8 Å². The normalized spacial score (nSPS) is 10.6. The SMILES string of the molecule is O=C(O)Cc1c([N+](=O)[O-])cc(I)nc1C(F)F. The van der Waals surface area contributed by atoms with Crippen LogP contribution in [0.25, 0.3) is 0 Å². The van der Waals surface area contributed by atoms with Gasteiger partial charge in [-0.2, -0.15) is 0 Å². The maximum Gasteiger partial charge on any atom is 0.308 e. The van der Waals surface area contributed by atoms with Crippen LogP contribution in [0.4, 0.5) is 14.5 Å². The predicted octanol–water partition coefficient (Wildman–Crippen LogP) is 2.16. The van der Waals surface area contributed by atoms with Gasteiger partial charge in [0.05, 0.1) is 16.9 Å². The summed E-state index contributed by atoms with van der Waals surface area (Å²) in [5, 5.41) is 19.2. The molecule has 1 aromatic heterocycles. The van der Waals surface area contributed by atoms with Crippen molar-refractivity contribution in [3.8, 4) is 0 Å². The van der Waals surface area contributed by atoms with Gasteiger partial charge >= 0.3 is 5.97 Å². The highest BCUT2D eigenvalue weighted by atomic mass is 127. The van der Waals surface area contributed by atoms with E-state index in [-0.39, 0.29) is 3.70 Å².